The number of hydrogen-bond acceptors (Lipinski definition) is 4. The molecule has 0 aromatic heterocycles. The maximum absolute atomic E-state index is 6.68. The van der Waals surface area contributed by atoms with Crippen molar-refractivity contribution in [2.24, 2.45) is 0 Å². The van der Waals surface area contributed by atoms with Crippen molar-refractivity contribution >= 4 is 17.1 Å². The summed E-state index contributed by atoms with van der Waals surface area (Å²) in [7, 11) is -4.87. The van der Waals surface area contributed by atoms with Gasteiger partial charge in [-0.2, -0.15) is 0 Å². The number of rotatable bonds is 20. The molecule has 0 rings (SSSR count). The van der Waals surface area contributed by atoms with Crippen molar-refractivity contribution in [3.05, 3.63) is 0 Å². The van der Waals surface area contributed by atoms with Crippen LogP contribution in [0.3, 0.4) is 0 Å². The first-order valence-corrected chi connectivity index (χ1v) is 16.3. The van der Waals surface area contributed by atoms with Crippen molar-refractivity contribution in [3.8, 4) is 0 Å². The molecule has 0 saturated heterocycles. The maximum atomic E-state index is 6.68. The normalized spacial score (nSPS) is 12.9. The zero-order valence-corrected chi connectivity index (χ0v) is 22.1. The van der Waals surface area contributed by atoms with E-state index >= 15 is 0 Å². The van der Waals surface area contributed by atoms with Crippen LogP contribution >= 0.6 is 0 Å². The molecule has 0 amide bonds. The van der Waals surface area contributed by atoms with Gasteiger partial charge in [0.15, 0.2) is 0 Å². The van der Waals surface area contributed by atoms with Gasteiger partial charge in [-0.1, -0.05) is 67.7 Å². The lowest BCUT2D eigenvalue weighted by Crippen LogP contribution is -2.61. The molecule has 0 unspecified atom stereocenters. The minimum atomic E-state index is -2.44. The average molecular weight is 435 g/mol. The van der Waals surface area contributed by atoms with Crippen LogP contribution in [-0.4, -0.2) is 43.5 Å². The molecule has 0 aliphatic heterocycles. The molecule has 0 aliphatic rings. The minimum absolute atomic E-state index is 0.331. The highest BCUT2D eigenvalue weighted by Gasteiger charge is 2.58. The summed E-state index contributed by atoms with van der Waals surface area (Å²) in [5.74, 6) is 0. The fraction of sp³-hybridized carbons (Fsp3) is 1.00. The highest BCUT2D eigenvalue weighted by atomic mass is 28.4. The third-order valence-corrected chi connectivity index (χ3v) is 15.4. The molecule has 28 heavy (non-hydrogen) atoms. The lowest BCUT2D eigenvalue weighted by Gasteiger charge is -2.45. The van der Waals surface area contributed by atoms with E-state index in [9.17, 15) is 0 Å². The standard InChI is InChI=1S/C22H50O4Si2/c1-8-15-16-17-22(27(13-6,23-18-9-2)24-19-10-3)28(14-7,25-20-11-4)26-21-12-5/h22H,8-21H2,1-7H3. The van der Waals surface area contributed by atoms with Gasteiger partial charge in [0.1, 0.15) is 0 Å². The van der Waals surface area contributed by atoms with E-state index in [1.807, 2.05) is 0 Å². The first-order valence-electron chi connectivity index (χ1n) is 12.1. The highest BCUT2D eigenvalue weighted by molar-refractivity contribution is 6.88. The van der Waals surface area contributed by atoms with Gasteiger partial charge < -0.3 is 17.7 Å². The molecule has 6 heteroatoms. The van der Waals surface area contributed by atoms with E-state index < -0.39 is 17.1 Å². The van der Waals surface area contributed by atoms with Crippen LogP contribution in [0.25, 0.3) is 0 Å². The van der Waals surface area contributed by atoms with Crippen LogP contribution < -0.4 is 0 Å². The molecule has 0 fully saturated rings. The van der Waals surface area contributed by atoms with Crippen molar-refractivity contribution in [1.29, 1.82) is 0 Å². The van der Waals surface area contributed by atoms with Crippen LogP contribution in [0.15, 0.2) is 0 Å². The van der Waals surface area contributed by atoms with Crippen molar-refractivity contribution < 1.29 is 17.7 Å². The van der Waals surface area contributed by atoms with E-state index in [1.54, 1.807) is 0 Å². The summed E-state index contributed by atoms with van der Waals surface area (Å²) in [6.45, 7) is 18.7. The van der Waals surface area contributed by atoms with Gasteiger partial charge in [-0.05, 0) is 44.2 Å². The fourth-order valence-electron chi connectivity index (χ4n) is 3.86. The number of unbranched alkanes of at least 4 members (excludes halogenated alkanes) is 2. The number of hydrogen-bond donors (Lipinski definition) is 0. The molecular weight excluding hydrogens is 384 g/mol. The second-order valence-corrected chi connectivity index (χ2v) is 15.6. The summed E-state index contributed by atoms with van der Waals surface area (Å²) in [6.07, 6.45) is 8.91. The zero-order valence-electron chi connectivity index (χ0n) is 20.1. The van der Waals surface area contributed by atoms with Gasteiger partial charge in [-0.15, -0.1) is 0 Å². The van der Waals surface area contributed by atoms with E-state index in [0.717, 1.165) is 70.6 Å². The lowest BCUT2D eigenvalue weighted by molar-refractivity contribution is 0.132. The molecule has 0 aliphatic carbocycles. The van der Waals surface area contributed by atoms with E-state index in [4.69, 9.17) is 17.7 Å². The van der Waals surface area contributed by atoms with Crippen molar-refractivity contribution in [2.45, 2.75) is 117 Å². The summed E-state index contributed by atoms with van der Waals surface area (Å²) >= 11 is 0. The van der Waals surface area contributed by atoms with Crippen molar-refractivity contribution in [1.82, 2.24) is 0 Å². The van der Waals surface area contributed by atoms with Crippen molar-refractivity contribution in [2.75, 3.05) is 26.4 Å². The molecule has 0 N–H and O–H groups in total. The smallest absolute Gasteiger partial charge is 0.343 e. The Hall–Kier alpha value is 0.274. The Kier molecular flexibility index (Phi) is 17.2. The topological polar surface area (TPSA) is 36.9 Å². The van der Waals surface area contributed by atoms with Crippen LogP contribution in [0, 0.1) is 0 Å². The molecule has 0 spiro atoms. The summed E-state index contributed by atoms with van der Waals surface area (Å²) in [5, 5.41) is 0.331. The van der Waals surface area contributed by atoms with Gasteiger partial charge in [-0.25, -0.2) is 0 Å². The molecule has 0 aromatic rings. The predicted octanol–water partition coefficient (Wildman–Crippen LogP) is 7.11. The van der Waals surface area contributed by atoms with Gasteiger partial charge in [-0.3, -0.25) is 0 Å². The van der Waals surface area contributed by atoms with E-state index in [0.29, 0.717) is 5.16 Å². The largest absolute Gasteiger partial charge is 0.394 e. The highest BCUT2D eigenvalue weighted by Crippen LogP contribution is 2.43. The van der Waals surface area contributed by atoms with Crippen LogP contribution in [-0.2, 0) is 17.7 Å². The second-order valence-electron chi connectivity index (χ2n) is 7.77. The predicted molar refractivity (Wildman–Crippen MR) is 125 cm³/mol. The first kappa shape index (κ1) is 28.3. The third kappa shape index (κ3) is 8.96. The van der Waals surface area contributed by atoms with Crippen LogP contribution in [0.1, 0.15) is 99.8 Å². The quantitative estimate of drug-likeness (QED) is 0.151. The monoisotopic (exact) mass is 434 g/mol. The molecular formula is C22H50O4Si2. The zero-order chi connectivity index (χ0) is 21.3. The third-order valence-electron chi connectivity index (χ3n) is 5.35. The molecule has 0 saturated carbocycles. The van der Waals surface area contributed by atoms with Crippen LogP contribution in [0.2, 0.25) is 17.3 Å². The molecule has 0 bridgehead atoms. The molecule has 0 heterocycles. The van der Waals surface area contributed by atoms with Crippen LogP contribution in [0.4, 0.5) is 0 Å². The Morgan fingerprint density at radius 2 is 0.857 bits per heavy atom. The Balaban J connectivity index is 6.07. The van der Waals surface area contributed by atoms with E-state index in [2.05, 4.69) is 48.5 Å². The van der Waals surface area contributed by atoms with E-state index in [1.165, 1.54) is 19.3 Å². The molecule has 0 aromatic carbocycles. The second kappa shape index (κ2) is 17.0. The Morgan fingerprint density at radius 1 is 0.500 bits per heavy atom. The minimum Gasteiger partial charge on any atom is -0.394 e. The van der Waals surface area contributed by atoms with Gasteiger partial charge in [0.05, 0.1) is 0 Å². The van der Waals surface area contributed by atoms with Crippen molar-refractivity contribution in [3.63, 3.8) is 0 Å². The Morgan fingerprint density at radius 3 is 1.11 bits per heavy atom. The molecule has 4 nitrogen and oxygen atoms in total. The lowest BCUT2D eigenvalue weighted by atomic mass is 10.2. The van der Waals surface area contributed by atoms with Gasteiger partial charge in [0.25, 0.3) is 0 Å². The maximum Gasteiger partial charge on any atom is 0.343 e. The van der Waals surface area contributed by atoms with E-state index in [-0.39, 0.29) is 0 Å². The first-order chi connectivity index (χ1) is 13.6. The molecule has 170 valence electrons. The summed E-state index contributed by atoms with van der Waals surface area (Å²) in [4.78, 5) is 0. The Labute approximate surface area is 178 Å². The fourth-order valence-corrected chi connectivity index (χ4v) is 15.0. The average Bonchev–Trinajstić information content (AvgIpc) is 2.73. The van der Waals surface area contributed by atoms with Gasteiger partial charge in [0.2, 0.25) is 0 Å². The summed E-state index contributed by atoms with van der Waals surface area (Å²) < 4.78 is 26.7. The molecule has 0 radical (unpaired) electrons. The SMILES string of the molecule is CCCCCC([Si](CC)(OCCC)OCCC)[Si](CC)(OCCC)OCCC. The summed E-state index contributed by atoms with van der Waals surface area (Å²) in [6, 6.07) is 1.95. The Bertz CT molecular complexity index is 311. The van der Waals surface area contributed by atoms with Gasteiger partial charge in [0, 0.05) is 31.6 Å². The van der Waals surface area contributed by atoms with Crippen LogP contribution in [0.5, 0.6) is 0 Å². The molecule has 0 atom stereocenters. The summed E-state index contributed by atoms with van der Waals surface area (Å²) in [5.41, 5.74) is 0. The van der Waals surface area contributed by atoms with Gasteiger partial charge >= 0.3 is 17.1 Å².